The van der Waals surface area contributed by atoms with E-state index in [0.29, 0.717) is 19.1 Å². The Kier molecular flexibility index (Phi) is 8.20. The summed E-state index contributed by atoms with van der Waals surface area (Å²) in [5.74, 6) is 1.69. The summed E-state index contributed by atoms with van der Waals surface area (Å²) >= 11 is 0. The van der Waals surface area contributed by atoms with Crippen LogP contribution in [0.25, 0.3) is 0 Å². The molecule has 1 amide bonds. The van der Waals surface area contributed by atoms with Crippen LogP contribution in [0.2, 0.25) is 0 Å². The van der Waals surface area contributed by atoms with Crippen molar-refractivity contribution in [3.05, 3.63) is 0 Å². The van der Waals surface area contributed by atoms with Crippen molar-refractivity contribution in [3.8, 4) is 0 Å². The first-order chi connectivity index (χ1) is 10.9. The molecule has 134 valence electrons. The molecule has 0 bridgehead atoms. The predicted octanol–water partition coefficient (Wildman–Crippen LogP) is 2.64. The highest BCUT2D eigenvalue weighted by Crippen LogP contribution is 2.34. The zero-order valence-electron chi connectivity index (χ0n) is 15.4. The maximum absolute atomic E-state index is 11.5. The van der Waals surface area contributed by atoms with Gasteiger partial charge in [0.1, 0.15) is 5.60 Å². The van der Waals surface area contributed by atoms with Gasteiger partial charge in [0.05, 0.1) is 0 Å². The van der Waals surface area contributed by atoms with Gasteiger partial charge in [0.15, 0.2) is 5.96 Å². The molecule has 0 saturated heterocycles. The van der Waals surface area contributed by atoms with E-state index >= 15 is 0 Å². The number of carbonyl (C=O) groups is 1. The molecule has 1 aliphatic rings. The Morgan fingerprint density at radius 2 is 2.00 bits per heavy atom. The van der Waals surface area contributed by atoms with Gasteiger partial charge in [-0.3, -0.25) is 4.99 Å². The van der Waals surface area contributed by atoms with Crippen LogP contribution in [-0.4, -0.2) is 43.3 Å². The lowest BCUT2D eigenvalue weighted by Crippen LogP contribution is -2.39. The van der Waals surface area contributed by atoms with Crippen molar-refractivity contribution in [2.24, 2.45) is 10.9 Å². The highest BCUT2D eigenvalue weighted by atomic mass is 16.6. The van der Waals surface area contributed by atoms with Gasteiger partial charge in [0, 0.05) is 25.7 Å². The smallest absolute Gasteiger partial charge is 0.407 e. The van der Waals surface area contributed by atoms with Crippen LogP contribution in [-0.2, 0) is 4.74 Å². The molecule has 2 unspecified atom stereocenters. The normalized spacial score (nSPS) is 20.8. The Morgan fingerprint density at radius 1 is 1.26 bits per heavy atom. The number of rotatable bonds is 8. The largest absolute Gasteiger partial charge is 0.444 e. The number of hydrogen-bond acceptors (Lipinski definition) is 3. The van der Waals surface area contributed by atoms with Crippen LogP contribution in [0.1, 0.15) is 60.3 Å². The number of aliphatic imine (C=N–C) groups is 1. The van der Waals surface area contributed by atoms with Crippen molar-refractivity contribution in [2.75, 3.05) is 19.6 Å². The lowest BCUT2D eigenvalue weighted by Gasteiger charge is -2.19. The van der Waals surface area contributed by atoms with Gasteiger partial charge in [0.25, 0.3) is 0 Å². The van der Waals surface area contributed by atoms with Gasteiger partial charge >= 0.3 is 6.09 Å². The minimum atomic E-state index is -0.455. The first-order valence-corrected chi connectivity index (χ1v) is 8.87. The van der Waals surface area contributed by atoms with E-state index in [0.717, 1.165) is 24.8 Å². The molecule has 0 heterocycles. The second-order valence-electron chi connectivity index (χ2n) is 7.08. The van der Waals surface area contributed by atoms with Gasteiger partial charge in [-0.05, 0) is 52.9 Å². The average molecular weight is 326 g/mol. The molecule has 2 atom stereocenters. The Labute approximate surface area is 140 Å². The van der Waals surface area contributed by atoms with Gasteiger partial charge in [-0.1, -0.05) is 13.3 Å². The van der Waals surface area contributed by atoms with Crippen molar-refractivity contribution in [1.29, 1.82) is 0 Å². The first-order valence-electron chi connectivity index (χ1n) is 8.87. The molecule has 0 aromatic carbocycles. The third-order valence-electron chi connectivity index (χ3n) is 3.52. The van der Waals surface area contributed by atoms with Crippen LogP contribution in [0.5, 0.6) is 0 Å². The predicted molar refractivity (Wildman–Crippen MR) is 94.8 cm³/mol. The molecule has 6 heteroatoms. The van der Waals surface area contributed by atoms with Gasteiger partial charge < -0.3 is 20.7 Å². The van der Waals surface area contributed by atoms with E-state index < -0.39 is 5.60 Å². The molecule has 1 rings (SSSR count). The number of ether oxygens (including phenoxy) is 1. The van der Waals surface area contributed by atoms with Crippen LogP contribution in [0, 0.1) is 5.92 Å². The number of guanidine groups is 1. The molecule has 1 aliphatic carbocycles. The summed E-state index contributed by atoms with van der Waals surface area (Å²) in [6, 6.07) is 0.577. The summed E-state index contributed by atoms with van der Waals surface area (Å²) < 4.78 is 5.19. The Hall–Kier alpha value is -1.46. The number of nitrogens with one attached hydrogen (secondary N) is 3. The summed E-state index contributed by atoms with van der Waals surface area (Å²) in [5.41, 5.74) is -0.455. The molecule has 23 heavy (non-hydrogen) atoms. The number of hydrogen-bond donors (Lipinski definition) is 3. The Balaban J connectivity index is 2.20. The van der Waals surface area contributed by atoms with Crippen molar-refractivity contribution < 1.29 is 9.53 Å². The van der Waals surface area contributed by atoms with E-state index in [9.17, 15) is 4.79 Å². The molecule has 0 spiro atoms. The Bertz CT molecular complexity index is 391. The van der Waals surface area contributed by atoms with Crippen LogP contribution >= 0.6 is 0 Å². The molecular weight excluding hydrogens is 292 g/mol. The fourth-order valence-electron chi connectivity index (χ4n) is 2.38. The maximum atomic E-state index is 11.5. The zero-order chi connectivity index (χ0) is 17.3. The average Bonchev–Trinajstić information content (AvgIpc) is 3.14. The number of amides is 1. The van der Waals surface area contributed by atoms with E-state index in [1.807, 2.05) is 20.8 Å². The summed E-state index contributed by atoms with van der Waals surface area (Å²) in [4.78, 5) is 16.1. The summed E-state index contributed by atoms with van der Waals surface area (Å²) in [6.45, 7) is 12.0. The summed E-state index contributed by atoms with van der Waals surface area (Å²) in [5, 5.41) is 9.51. The fourth-order valence-corrected chi connectivity index (χ4v) is 2.38. The standard InChI is InChI=1S/C17H34N4O2/c1-6-9-13-12-14(13)21-15(18-7-2)19-10-8-11-20-16(22)23-17(3,4)5/h13-14H,6-12H2,1-5H3,(H,20,22)(H2,18,19,21). The minimum absolute atomic E-state index is 0.369. The lowest BCUT2D eigenvalue weighted by molar-refractivity contribution is 0.0527. The third kappa shape index (κ3) is 9.31. The molecular formula is C17H34N4O2. The van der Waals surface area contributed by atoms with E-state index in [4.69, 9.17) is 4.74 Å². The molecule has 1 fully saturated rings. The quantitative estimate of drug-likeness (QED) is 0.364. The van der Waals surface area contributed by atoms with E-state index in [-0.39, 0.29) is 6.09 Å². The Morgan fingerprint density at radius 3 is 2.61 bits per heavy atom. The first kappa shape index (κ1) is 19.6. The van der Waals surface area contributed by atoms with Crippen molar-refractivity contribution in [1.82, 2.24) is 16.0 Å². The number of carbonyl (C=O) groups excluding carboxylic acids is 1. The summed E-state index contributed by atoms with van der Waals surface area (Å²) in [7, 11) is 0. The van der Waals surface area contributed by atoms with Gasteiger partial charge in [-0.25, -0.2) is 4.79 Å². The SMILES string of the molecule is CCCC1CC1NC(=NCCCNC(=O)OC(C)(C)C)NCC. The van der Waals surface area contributed by atoms with Gasteiger partial charge in [0.2, 0.25) is 0 Å². The third-order valence-corrected chi connectivity index (χ3v) is 3.52. The van der Waals surface area contributed by atoms with Crippen LogP contribution < -0.4 is 16.0 Å². The number of alkyl carbamates (subject to hydrolysis) is 1. The van der Waals surface area contributed by atoms with Crippen LogP contribution in [0.4, 0.5) is 4.79 Å². The van der Waals surface area contributed by atoms with Crippen molar-refractivity contribution in [3.63, 3.8) is 0 Å². The maximum Gasteiger partial charge on any atom is 0.407 e. The van der Waals surface area contributed by atoms with Crippen LogP contribution in [0.3, 0.4) is 0 Å². The topological polar surface area (TPSA) is 74.8 Å². The second-order valence-corrected chi connectivity index (χ2v) is 7.08. The van der Waals surface area contributed by atoms with Crippen molar-refractivity contribution >= 4 is 12.1 Å². The monoisotopic (exact) mass is 326 g/mol. The summed E-state index contributed by atoms with van der Waals surface area (Å²) in [6.07, 6.45) is 4.20. The fraction of sp³-hybridized carbons (Fsp3) is 0.882. The van der Waals surface area contributed by atoms with E-state index in [1.165, 1.54) is 19.3 Å². The van der Waals surface area contributed by atoms with E-state index in [1.54, 1.807) is 0 Å². The molecule has 1 saturated carbocycles. The number of nitrogens with zero attached hydrogens (tertiary/aromatic N) is 1. The molecule has 3 N–H and O–H groups in total. The molecule has 0 aliphatic heterocycles. The van der Waals surface area contributed by atoms with Gasteiger partial charge in [-0.2, -0.15) is 0 Å². The van der Waals surface area contributed by atoms with E-state index in [2.05, 4.69) is 34.8 Å². The second kappa shape index (κ2) is 9.63. The highest BCUT2D eigenvalue weighted by molar-refractivity contribution is 5.80. The lowest BCUT2D eigenvalue weighted by atomic mass is 10.2. The molecule has 0 radical (unpaired) electrons. The highest BCUT2D eigenvalue weighted by Gasteiger charge is 2.36. The van der Waals surface area contributed by atoms with Gasteiger partial charge in [-0.15, -0.1) is 0 Å². The van der Waals surface area contributed by atoms with Crippen LogP contribution in [0.15, 0.2) is 4.99 Å². The molecule has 6 nitrogen and oxygen atoms in total. The minimum Gasteiger partial charge on any atom is -0.444 e. The zero-order valence-corrected chi connectivity index (χ0v) is 15.4. The molecule has 0 aromatic heterocycles. The molecule has 0 aromatic rings. The van der Waals surface area contributed by atoms with Crippen molar-refractivity contribution in [2.45, 2.75) is 71.9 Å².